The van der Waals surface area contributed by atoms with Gasteiger partial charge >= 0.3 is 11.9 Å². The van der Waals surface area contributed by atoms with Crippen molar-refractivity contribution in [3.8, 4) is 0 Å². The zero-order chi connectivity index (χ0) is 59.8. The topological polar surface area (TPSA) is 111 Å². The minimum Gasteiger partial charge on any atom is -0.545 e. The molecule has 0 aliphatic heterocycles. The van der Waals surface area contributed by atoms with Crippen LogP contribution in [-0.4, -0.2) is 82.3 Å². The number of aliphatic carboxylic acids is 1. The molecule has 0 aromatic heterocycles. The summed E-state index contributed by atoms with van der Waals surface area (Å²) >= 11 is 0. The summed E-state index contributed by atoms with van der Waals surface area (Å²) in [6.07, 6.45) is 79.5. The molecule has 2 atom stereocenters. The van der Waals surface area contributed by atoms with Gasteiger partial charge in [0.25, 0.3) is 0 Å². The fourth-order valence-electron chi connectivity index (χ4n) is 10.5. The quantitative estimate of drug-likeness (QED) is 0.0195. The van der Waals surface area contributed by atoms with Crippen LogP contribution in [0.4, 0.5) is 0 Å². The lowest BCUT2D eigenvalue weighted by atomic mass is 10.0. The molecule has 0 aromatic carbocycles. The van der Waals surface area contributed by atoms with Crippen molar-refractivity contribution < 1.29 is 42.9 Å². The number of quaternary nitrogens is 1. The molecule has 0 bridgehead atoms. The van der Waals surface area contributed by atoms with Gasteiger partial charge in [-0.15, -0.1) is 0 Å². The number of allylic oxidation sites excluding steroid dienone is 8. The van der Waals surface area contributed by atoms with Crippen molar-refractivity contribution in [2.45, 2.75) is 354 Å². The molecule has 82 heavy (non-hydrogen) atoms. The third kappa shape index (κ3) is 64.8. The molecule has 0 heterocycles. The molecule has 480 valence electrons. The second kappa shape index (κ2) is 64.3. The standard InChI is InChI=1S/C73H135NO8/c1-6-8-10-12-14-16-18-20-22-24-25-26-27-28-29-30-31-32-33-34-35-36-37-38-39-40-41-42-43-44-45-46-48-49-51-53-55-57-59-61-63-70(75)80-67-69(68-81-73(72(77)78)79-66-65-74(3,4)5)82-71(76)64-62-60-58-56-54-52-50-47-23-21-19-17-15-13-11-9-7-2/h9,11,15,17,21,23,50,52,69,73H,6-8,10,12-14,16,18-20,22,24-49,51,53-68H2,1-5H3/b11-9-,17-15-,23-21-,52-50-. The van der Waals surface area contributed by atoms with Gasteiger partial charge in [-0.2, -0.15) is 0 Å². The predicted octanol–water partition coefficient (Wildman–Crippen LogP) is 20.4. The molecule has 9 nitrogen and oxygen atoms in total. The Morgan fingerprint density at radius 2 is 0.695 bits per heavy atom. The summed E-state index contributed by atoms with van der Waals surface area (Å²) in [6, 6.07) is 0. The van der Waals surface area contributed by atoms with E-state index in [9.17, 15) is 19.5 Å². The van der Waals surface area contributed by atoms with E-state index in [0.29, 0.717) is 17.4 Å². The van der Waals surface area contributed by atoms with Crippen molar-refractivity contribution in [3.05, 3.63) is 48.6 Å². The monoisotopic (exact) mass is 1150 g/mol. The van der Waals surface area contributed by atoms with Crippen molar-refractivity contribution in [2.75, 3.05) is 47.5 Å². The second-order valence-corrected chi connectivity index (χ2v) is 25.2. The SMILES string of the molecule is CC/C=C\C/C=C\C/C=C\C/C=C\CCCCCCC(=O)OC(COC(=O)CCCCCCCCCCCCCCCCCCCCCCCCCCCCCCCCCCCCCCCCCC)COC(OCC[N+](C)(C)C)C(=O)[O-]. The van der Waals surface area contributed by atoms with E-state index in [1.165, 1.54) is 238 Å². The largest absolute Gasteiger partial charge is 0.545 e. The highest BCUT2D eigenvalue weighted by Crippen LogP contribution is 2.19. The van der Waals surface area contributed by atoms with Crippen LogP contribution in [0, 0.1) is 0 Å². The summed E-state index contributed by atoms with van der Waals surface area (Å²) < 4.78 is 22.7. The fraction of sp³-hybridized carbons (Fsp3) is 0.849. The number of likely N-dealkylation sites (N-methyl/N-ethyl adjacent to an activating group) is 1. The highest BCUT2D eigenvalue weighted by atomic mass is 16.7. The molecule has 2 unspecified atom stereocenters. The van der Waals surface area contributed by atoms with Gasteiger partial charge in [-0.1, -0.05) is 326 Å². The van der Waals surface area contributed by atoms with Gasteiger partial charge in [0.15, 0.2) is 12.4 Å². The highest BCUT2D eigenvalue weighted by molar-refractivity contribution is 5.70. The normalized spacial score (nSPS) is 12.9. The van der Waals surface area contributed by atoms with E-state index in [1.54, 1.807) is 0 Å². The maximum absolute atomic E-state index is 12.9. The van der Waals surface area contributed by atoms with Crippen LogP contribution in [0.1, 0.15) is 341 Å². The van der Waals surface area contributed by atoms with Crippen LogP contribution >= 0.6 is 0 Å². The van der Waals surface area contributed by atoms with Crippen molar-refractivity contribution >= 4 is 17.9 Å². The van der Waals surface area contributed by atoms with Gasteiger partial charge in [-0.25, -0.2) is 0 Å². The summed E-state index contributed by atoms with van der Waals surface area (Å²) in [6.45, 7) is 4.65. The number of carbonyl (C=O) groups is 3. The Hall–Kier alpha value is -2.75. The van der Waals surface area contributed by atoms with Crippen molar-refractivity contribution in [2.24, 2.45) is 0 Å². The van der Waals surface area contributed by atoms with E-state index < -0.39 is 24.3 Å². The minimum atomic E-state index is -1.63. The Kier molecular flexibility index (Phi) is 62.1. The summed E-state index contributed by atoms with van der Waals surface area (Å²) in [5.74, 6) is -2.30. The number of nitrogens with zero attached hydrogens (tertiary/aromatic N) is 1. The molecule has 0 aliphatic carbocycles. The van der Waals surface area contributed by atoms with E-state index in [1.807, 2.05) is 21.1 Å². The smallest absolute Gasteiger partial charge is 0.306 e. The number of hydrogen-bond acceptors (Lipinski definition) is 8. The Labute approximate surface area is 508 Å². The molecule has 0 N–H and O–H groups in total. The fourth-order valence-corrected chi connectivity index (χ4v) is 10.5. The van der Waals surface area contributed by atoms with Crippen molar-refractivity contribution in [1.82, 2.24) is 0 Å². The lowest BCUT2D eigenvalue weighted by molar-refractivity contribution is -0.870. The number of rotatable bonds is 66. The Bertz CT molecular complexity index is 1480. The zero-order valence-electron chi connectivity index (χ0n) is 54.9. The van der Waals surface area contributed by atoms with Gasteiger partial charge in [0.2, 0.25) is 0 Å². The van der Waals surface area contributed by atoms with Crippen LogP contribution in [0.25, 0.3) is 0 Å². The molecule has 0 saturated heterocycles. The number of esters is 2. The first-order chi connectivity index (χ1) is 40.1. The molecule has 0 aromatic rings. The highest BCUT2D eigenvalue weighted by Gasteiger charge is 2.22. The summed E-state index contributed by atoms with van der Waals surface area (Å²) in [7, 11) is 5.92. The Balaban J connectivity index is 3.91. The maximum atomic E-state index is 12.9. The molecule has 0 saturated carbocycles. The molecular formula is C73H135NO8. The predicted molar refractivity (Wildman–Crippen MR) is 348 cm³/mol. The molecule has 9 heteroatoms. The first-order valence-corrected chi connectivity index (χ1v) is 35.3. The van der Waals surface area contributed by atoms with Crippen LogP contribution in [0.15, 0.2) is 48.6 Å². The lowest BCUT2D eigenvalue weighted by Crippen LogP contribution is -2.44. The summed E-state index contributed by atoms with van der Waals surface area (Å²) in [4.78, 5) is 37.4. The van der Waals surface area contributed by atoms with Crippen LogP contribution in [0.2, 0.25) is 0 Å². The van der Waals surface area contributed by atoms with Crippen LogP contribution in [0.3, 0.4) is 0 Å². The Morgan fingerprint density at radius 3 is 1.04 bits per heavy atom. The number of carboxylic acid groups (broad SMARTS) is 1. The van der Waals surface area contributed by atoms with Gasteiger partial charge < -0.3 is 33.3 Å². The number of hydrogen-bond donors (Lipinski definition) is 0. The number of ether oxygens (including phenoxy) is 4. The van der Waals surface area contributed by atoms with Crippen LogP contribution in [-0.2, 0) is 33.3 Å². The average molecular weight is 1150 g/mol. The maximum Gasteiger partial charge on any atom is 0.306 e. The summed E-state index contributed by atoms with van der Waals surface area (Å²) in [5.41, 5.74) is 0. The average Bonchev–Trinajstić information content (AvgIpc) is 3.45. The van der Waals surface area contributed by atoms with E-state index in [0.717, 1.165) is 70.6 Å². The first-order valence-electron chi connectivity index (χ1n) is 35.3. The van der Waals surface area contributed by atoms with Crippen LogP contribution < -0.4 is 5.11 Å². The van der Waals surface area contributed by atoms with Gasteiger partial charge in [0.1, 0.15) is 13.2 Å². The molecule has 0 fully saturated rings. The van der Waals surface area contributed by atoms with E-state index in [-0.39, 0.29) is 38.6 Å². The molecule has 0 radical (unpaired) electrons. The third-order valence-corrected chi connectivity index (χ3v) is 15.8. The second-order valence-electron chi connectivity index (χ2n) is 25.2. The van der Waals surface area contributed by atoms with Gasteiger partial charge in [-0.05, 0) is 51.4 Å². The summed E-state index contributed by atoms with van der Waals surface area (Å²) in [5, 5.41) is 11.8. The minimum absolute atomic E-state index is 0.143. The van der Waals surface area contributed by atoms with E-state index in [4.69, 9.17) is 18.9 Å². The van der Waals surface area contributed by atoms with Crippen LogP contribution in [0.5, 0.6) is 0 Å². The molecular weight excluding hydrogens is 1020 g/mol. The molecule has 0 rings (SSSR count). The van der Waals surface area contributed by atoms with Gasteiger partial charge in [-0.3, -0.25) is 9.59 Å². The first kappa shape index (κ1) is 79.2. The molecule has 0 amide bonds. The van der Waals surface area contributed by atoms with Crippen molar-refractivity contribution in [1.29, 1.82) is 0 Å². The van der Waals surface area contributed by atoms with Gasteiger partial charge in [0, 0.05) is 12.8 Å². The number of carbonyl (C=O) groups excluding carboxylic acids is 3. The molecule has 0 spiro atoms. The molecule has 0 aliphatic rings. The Morgan fingerprint density at radius 1 is 0.378 bits per heavy atom. The van der Waals surface area contributed by atoms with Crippen molar-refractivity contribution in [3.63, 3.8) is 0 Å². The lowest BCUT2D eigenvalue weighted by Gasteiger charge is -2.26. The number of unbranched alkanes of at least 4 members (excludes halogenated alkanes) is 43. The van der Waals surface area contributed by atoms with Gasteiger partial charge in [0.05, 0.1) is 40.3 Å². The zero-order valence-corrected chi connectivity index (χ0v) is 54.9. The number of carboxylic acids is 1. The third-order valence-electron chi connectivity index (χ3n) is 15.8. The van der Waals surface area contributed by atoms with E-state index in [2.05, 4.69) is 62.5 Å². The van der Waals surface area contributed by atoms with E-state index >= 15 is 0 Å².